The van der Waals surface area contributed by atoms with Crippen LogP contribution < -0.4 is 0 Å². The van der Waals surface area contributed by atoms with E-state index in [0.717, 1.165) is 11.3 Å². The van der Waals surface area contributed by atoms with Gasteiger partial charge >= 0.3 is 0 Å². The molecule has 0 bridgehead atoms. The van der Waals surface area contributed by atoms with Crippen molar-refractivity contribution in [3.63, 3.8) is 0 Å². The van der Waals surface area contributed by atoms with E-state index < -0.39 is 0 Å². The van der Waals surface area contributed by atoms with Crippen LogP contribution in [0.4, 0.5) is 0 Å². The molecule has 80 valence electrons. The second-order valence-electron chi connectivity index (χ2n) is 3.85. The minimum atomic E-state index is 0.303. The molecule has 0 aliphatic rings. The number of rotatable bonds is 3. The third kappa shape index (κ3) is 1.90. The first kappa shape index (κ1) is 10.6. The van der Waals surface area contributed by atoms with E-state index in [-0.39, 0.29) is 0 Å². The Bertz CT molecular complexity index is 450. The lowest BCUT2D eigenvalue weighted by molar-refractivity contribution is 0.326. The van der Waals surface area contributed by atoms with Gasteiger partial charge in [-0.3, -0.25) is 0 Å². The topological polar surface area (TPSA) is 16.4 Å². The van der Waals surface area contributed by atoms with Crippen LogP contribution in [0.2, 0.25) is 0 Å². The van der Waals surface area contributed by atoms with Gasteiger partial charge in [0.25, 0.3) is 0 Å². The van der Waals surface area contributed by atoms with Crippen molar-refractivity contribution in [2.75, 3.05) is 19.8 Å². The van der Waals surface area contributed by atoms with E-state index in [1.807, 2.05) is 24.5 Å². The van der Waals surface area contributed by atoms with Gasteiger partial charge in [-0.15, -0.1) is 0 Å². The Kier molecular flexibility index (Phi) is 3.03. The monoisotopic (exact) mass is 221 g/mol. The smallest absolute Gasteiger partial charge is 0.134 e. The highest BCUT2D eigenvalue weighted by Gasteiger charge is 2.17. The molecule has 1 aromatic carbocycles. The fourth-order valence-electron chi connectivity index (χ4n) is 1.80. The van der Waals surface area contributed by atoms with E-state index in [2.05, 4.69) is 37.7 Å². The molecule has 0 amide bonds. The maximum atomic E-state index is 5.52. The van der Waals surface area contributed by atoms with Crippen molar-refractivity contribution in [1.29, 1.82) is 0 Å². The molecular weight excluding hydrogens is 206 g/mol. The molecule has 0 fully saturated rings. The molecule has 0 aliphatic carbocycles. The molecule has 2 aromatic rings. The Morgan fingerprint density at radius 2 is 2.07 bits per heavy atom. The predicted molar refractivity (Wildman–Crippen MR) is 66.5 cm³/mol. The standard InChI is InChI=1S/C12H15NOS/c1-13(2)11(8-15)10-7-14-12-6-4-3-5-9(10)12/h3-7,11,15H,8H2,1-2H3. The average molecular weight is 221 g/mol. The zero-order chi connectivity index (χ0) is 10.8. The summed E-state index contributed by atoms with van der Waals surface area (Å²) in [6.07, 6.45) is 1.84. The molecule has 0 aliphatic heterocycles. The third-order valence-corrected chi connectivity index (χ3v) is 3.01. The van der Waals surface area contributed by atoms with Crippen LogP contribution in [0.5, 0.6) is 0 Å². The number of para-hydroxylation sites is 1. The lowest BCUT2D eigenvalue weighted by Gasteiger charge is -2.21. The molecule has 0 N–H and O–H groups in total. The van der Waals surface area contributed by atoms with Gasteiger partial charge in [0.1, 0.15) is 5.58 Å². The van der Waals surface area contributed by atoms with Crippen LogP contribution in [0.1, 0.15) is 11.6 Å². The second kappa shape index (κ2) is 4.29. The van der Waals surface area contributed by atoms with Crippen LogP contribution in [-0.4, -0.2) is 24.7 Å². The van der Waals surface area contributed by atoms with Gasteiger partial charge < -0.3 is 9.32 Å². The molecule has 15 heavy (non-hydrogen) atoms. The molecule has 2 nitrogen and oxygen atoms in total. The SMILES string of the molecule is CN(C)C(CS)c1coc2ccccc12. The van der Waals surface area contributed by atoms with Gasteiger partial charge in [0, 0.05) is 22.7 Å². The van der Waals surface area contributed by atoms with E-state index in [9.17, 15) is 0 Å². The lowest BCUT2D eigenvalue weighted by Crippen LogP contribution is -2.20. The maximum absolute atomic E-state index is 5.52. The van der Waals surface area contributed by atoms with Crippen molar-refractivity contribution in [2.24, 2.45) is 0 Å². The number of hydrogen-bond acceptors (Lipinski definition) is 3. The highest BCUT2D eigenvalue weighted by Crippen LogP contribution is 2.29. The van der Waals surface area contributed by atoms with E-state index >= 15 is 0 Å². The quantitative estimate of drug-likeness (QED) is 0.802. The number of furan rings is 1. The Hall–Kier alpha value is -0.930. The number of nitrogens with zero attached hydrogens (tertiary/aromatic N) is 1. The first-order valence-electron chi connectivity index (χ1n) is 4.97. The van der Waals surface area contributed by atoms with Crippen molar-refractivity contribution in [3.8, 4) is 0 Å². The highest BCUT2D eigenvalue weighted by molar-refractivity contribution is 7.80. The zero-order valence-corrected chi connectivity index (χ0v) is 9.87. The summed E-state index contributed by atoms with van der Waals surface area (Å²) in [7, 11) is 4.12. The second-order valence-corrected chi connectivity index (χ2v) is 4.21. The predicted octanol–water partition coefficient (Wildman–Crippen LogP) is 2.97. The molecule has 0 saturated carbocycles. The number of thiol groups is 1. The van der Waals surface area contributed by atoms with Crippen LogP contribution in [0.3, 0.4) is 0 Å². The van der Waals surface area contributed by atoms with Crippen LogP contribution in [0, 0.1) is 0 Å². The molecular formula is C12H15NOS. The summed E-state index contributed by atoms with van der Waals surface area (Å²) >= 11 is 4.38. The van der Waals surface area contributed by atoms with Crippen molar-refractivity contribution >= 4 is 23.6 Å². The van der Waals surface area contributed by atoms with Gasteiger partial charge in [0.15, 0.2) is 0 Å². The van der Waals surface area contributed by atoms with Gasteiger partial charge in [-0.2, -0.15) is 12.6 Å². The first-order chi connectivity index (χ1) is 7.24. The van der Waals surface area contributed by atoms with E-state index in [0.29, 0.717) is 6.04 Å². The molecule has 0 radical (unpaired) electrons. The van der Waals surface area contributed by atoms with Crippen LogP contribution >= 0.6 is 12.6 Å². The molecule has 3 heteroatoms. The Balaban J connectivity index is 2.51. The van der Waals surface area contributed by atoms with E-state index in [1.165, 1.54) is 10.9 Å². The largest absolute Gasteiger partial charge is 0.464 e. The van der Waals surface area contributed by atoms with Crippen molar-refractivity contribution in [1.82, 2.24) is 4.90 Å². The van der Waals surface area contributed by atoms with E-state index in [4.69, 9.17) is 4.42 Å². The summed E-state index contributed by atoms with van der Waals surface area (Å²) in [4.78, 5) is 2.16. The minimum absolute atomic E-state index is 0.303. The van der Waals surface area contributed by atoms with Crippen molar-refractivity contribution in [2.45, 2.75) is 6.04 Å². The summed E-state index contributed by atoms with van der Waals surface area (Å²) in [5.41, 5.74) is 2.16. The summed E-state index contributed by atoms with van der Waals surface area (Å²) in [6.45, 7) is 0. The molecule has 1 heterocycles. The Labute approximate surface area is 95.3 Å². The highest BCUT2D eigenvalue weighted by atomic mass is 32.1. The average Bonchev–Trinajstić information content (AvgIpc) is 2.63. The minimum Gasteiger partial charge on any atom is -0.464 e. The molecule has 1 aromatic heterocycles. The fraction of sp³-hybridized carbons (Fsp3) is 0.333. The Morgan fingerprint density at radius 3 is 2.73 bits per heavy atom. The molecule has 0 saturated heterocycles. The number of hydrogen-bond donors (Lipinski definition) is 1. The van der Waals surface area contributed by atoms with Gasteiger partial charge in [-0.05, 0) is 20.2 Å². The van der Waals surface area contributed by atoms with Crippen molar-refractivity contribution < 1.29 is 4.42 Å². The van der Waals surface area contributed by atoms with Crippen LogP contribution in [0.15, 0.2) is 34.9 Å². The molecule has 2 rings (SSSR count). The van der Waals surface area contributed by atoms with Gasteiger partial charge in [0.05, 0.1) is 6.26 Å². The first-order valence-corrected chi connectivity index (χ1v) is 5.60. The number of benzene rings is 1. The summed E-state index contributed by atoms with van der Waals surface area (Å²) in [5, 5.41) is 1.19. The zero-order valence-electron chi connectivity index (χ0n) is 8.97. The lowest BCUT2D eigenvalue weighted by atomic mass is 10.1. The van der Waals surface area contributed by atoms with Gasteiger partial charge in [0.2, 0.25) is 0 Å². The Morgan fingerprint density at radius 1 is 1.33 bits per heavy atom. The fourth-order valence-corrected chi connectivity index (χ4v) is 2.32. The summed E-state index contributed by atoms with van der Waals surface area (Å²) in [5.74, 6) is 0.788. The summed E-state index contributed by atoms with van der Waals surface area (Å²) in [6, 6.07) is 8.41. The van der Waals surface area contributed by atoms with Crippen LogP contribution in [-0.2, 0) is 0 Å². The van der Waals surface area contributed by atoms with E-state index in [1.54, 1.807) is 0 Å². The normalized spacial score (nSPS) is 13.6. The van der Waals surface area contributed by atoms with Crippen molar-refractivity contribution in [3.05, 3.63) is 36.1 Å². The third-order valence-electron chi connectivity index (χ3n) is 2.67. The van der Waals surface area contributed by atoms with Gasteiger partial charge in [-0.1, -0.05) is 18.2 Å². The maximum Gasteiger partial charge on any atom is 0.134 e. The summed E-state index contributed by atoms with van der Waals surface area (Å²) < 4.78 is 5.52. The number of fused-ring (bicyclic) bond motifs is 1. The molecule has 0 spiro atoms. The molecule has 1 unspecified atom stereocenters. The molecule has 1 atom stereocenters. The van der Waals surface area contributed by atoms with Crippen LogP contribution in [0.25, 0.3) is 11.0 Å². The van der Waals surface area contributed by atoms with Gasteiger partial charge in [-0.25, -0.2) is 0 Å².